The van der Waals surface area contributed by atoms with Crippen LogP contribution in [0, 0.1) is 0 Å². The molecule has 2 aromatic heterocycles. The van der Waals surface area contributed by atoms with Gasteiger partial charge in [-0.2, -0.15) is 5.10 Å². The number of aromatic nitrogens is 3. The molecule has 7 nitrogen and oxygen atoms in total. The third-order valence-electron chi connectivity index (χ3n) is 3.79. The highest BCUT2D eigenvalue weighted by molar-refractivity contribution is 5.91. The molecule has 0 aliphatic rings. The summed E-state index contributed by atoms with van der Waals surface area (Å²) in [7, 11) is 0. The zero-order chi connectivity index (χ0) is 17.0. The fourth-order valence-electron chi connectivity index (χ4n) is 2.04. The Morgan fingerprint density at radius 1 is 1.39 bits per heavy atom. The Hall–Kier alpha value is -2.15. The van der Waals surface area contributed by atoms with Gasteiger partial charge in [-0.05, 0) is 19.9 Å². The Morgan fingerprint density at radius 2 is 2.13 bits per heavy atom. The van der Waals surface area contributed by atoms with E-state index in [0.29, 0.717) is 5.88 Å². The van der Waals surface area contributed by atoms with Crippen LogP contribution in [0.15, 0.2) is 29.0 Å². The number of nitrogens with one attached hydrogen (secondary N) is 2. The lowest BCUT2D eigenvalue weighted by Gasteiger charge is -2.21. The molecular formula is C16H25N5O2. The smallest absolute Gasteiger partial charge is 0.240 e. The summed E-state index contributed by atoms with van der Waals surface area (Å²) in [5.41, 5.74) is 0.694. The van der Waals surface area contributed by atoms with E-state index in [2.05, 4.69) is 27.8 Å². The van der Waals surface area contributed by atoms with Crippen LogP contribution in [0.25, 0.3) is 0 Å². The standard InChI is InChI=1S/C16H25N5O2/c1-11(12(2)21-8-6-7-18-21)17-10-14(22)19-15-9-13(20-23-15)16(3,4)5/h6-9,11-12,17H,10H2,1-5H3,(H,19,22)/t11-,12+/m0/s1. The first-order chi connectivity index (χ1) is 10.8. The van der Waals surface area contributed by atoms with Gasteiger partial charge < -0.3 is 9.84 Å². The molecule has 0 aromatic carbocycles. The molecule has 0 aliphatic carbocycles. The third-order valence-corrected chi connectivity index (χ3v) is 3.79. The maximum atomic E-state index is 12.0. The number of carbonyl (C=O) groups is 1. The molecule has 0 unspecified atom stereocenters. The van der Waals surface area contributed by atoms with Crippen molar-refractivity contribution in [2.45, 2.75) is 52.1 Å². The molecule has 0 spiro atoms. The minimum Gasteiger partial charge on any atom is -0.338 e. The number of amides is 1. The van der Waals surface area contributed by atoms with Gasteiger partial charge in [0, 0.05) is 29.9 Å². The second-order valence-electron chi connectivity index (χ2n) is 6.77. The van der Waals surface area contributed by atoms with Gasteiger partial charge in [-0.15, -0.1) is 0 Å². The third kappa shape index (κ3) is 4.66. The van der Waals surface area contributed by atoms with Crippen molar-refractivity contribution >= 4 is 11.8 Å². The Morgan fingerprint density at radius 3 is 2.70 bits per heavy atom. The van der Waals surface area contributed by atoms with Crippen molar-refractivity contribution in [1.29, 1.82) is 0 Å². The molecule has 23 heavy (non-hydrogen) atoms. The van der Waals surface area contributed by atoms with Gasteiger partial charge in [-0.1, -0.05) is 25.9 Å². The number of hydrogen-bond donors (Lipinski definition) is 2. The summed E-state index contributed by atoms with van der Waals surface area (Å²) in [5, 5.41) is 14.1. The number of nitrogens with zero attached hydrogens (tertiary/aromatic N) is 3. The minimum absolute atomic E-state index is 0.0977. The van der Waals surface area contributed by atoms with Crippen molar-refractivity contribution in [3.05, 3.63) is 30.2 Å². The van der Waals surface area contributed by atoms with E-state index < -0.39 is 0 Å². The summed E-state index contributed by atoms with van der Waals surface area (Å²) in [6, 6.07) is 3.89. The Labute approximate surface area is 136 Å². The molecule has 2 N–H and O–H groups in total. The van der Waals surface area contributed by atoms with Crippen LogP contribution in [0.1, 0.15) is 46.4 Å². The van der Waals surface area contributed by atoms with E-state index in [9.17, 15) is 4.79 Å². The molecule has 126 valence electrons. The molecule has 7 heteroatoms. The second kappa shape index (κ2) is 6.95. The summed E-state index contributed by atoms with van der Waals surface area (Å²) < 4.78 is 7.01. The molecule has 2 atom stereocenters. The van der Waals surface area contributed by atoms with Gasteiger partial charge in [-0.3, -0.25) is 14.8 Å². The number of rotatable bonds is 6. The van der Waals surface area contributed by atoms with E-state index >= 15 is 0 Å². The van der Waals surface area contributed by atoms with Crippen molar-refractivity contribution in [2.75, 3.05) is 11.9 Å². The van der Waals surface area contributed by atoms with Gasteiger partial charge in [0.1, 0.15) is 0 Å². The number of hydrogen-bond acceptors (Lipinski definition) is 5. The van der Waals surface area contributed by atoms with Gasteiger partial charge in [0.05, 0.1) is 18.3 Å². The first-order valence-corrected chi connectivity index (χ1v) is 7.77. The van der Waals surface area contributed by atoms with Crippen molar-refractivity contribution < 1.29 is 9.32 Å². The Bertz CT molecular complexity index is 627. The lowest BCUT2D eigenvalue weighted by molar-refractivity contribution is -0.115. The summed E-state index contributed by atoms with van der Waals surface area (Å²) in [5.74, 6) is 0.204. The van der Waals surface area contributed by atoms with E-state index in [1.165, 1.54) is 0 Å². The van der Waals surface area contributed by atoms with Gasteiger partial charge in [0.15, 0.2) is 0 Å². The summed E-state index contributed by atoms with van der Waals surface area (Å²) >= 11 is 0. The molecule has 0 saturated heterocycles. The molecule has 0 aliphatic heterocycles. The summed E-state index contributed by atoms with van der Waals surface area (Å²) in [4.78, 5) is 12.0. The molecule has 0 radical (unpaired) electrons. The SMILES string of the molecule is C[C@H](NCC(=O)Nc1cc(C(C)(C)C)no1)[C@@H](C)n1cccn1. The van der Waals surface area contributed by atoms with E-state index in [4.69, 9.17) is 4.52 Å². The van der Waals surface area contributed by atoms with Crippen LogP contribution in [0.5, 0.6) is 0 Å². The first kappa shape index (κ1) is 17.2. The molecule has 0 bridgehead atoms. The van der Waals surface area contributed by atoms with E-state index in [1.54, 1.807) is 12.3 Å². The van der Waals surface area contributed by atoms with E-state index in [1.807, 2.05) is 44.6 Å². The van der Waals surface area contributed by atoms with Crippen LogP contribution < -0.4 is 10.6 Å². The topological polar surface area (TPSA) is 85.0 Å². The lowest BCUT2D eigenvalue weighted by Crippen LogP contribution is -2.39. The normalized spacial score (nSPS) is 14.5. The molecule has 2 rings (SSSR count). The highest BCUT2D eigenvalue weighted by Crippen LogP contribution is 2.23. The Kier molecular flexibility index (Phi) is 5.20. The van der Waals surface area contributed by atoms with Crippen molar-refractivity contribution in [2.24, 2.45) is 0 Å². The second-order valence-corrected chi connectivity index (χ2v) is 6.77. The zero-order valence-corrected chi connectivity index (χ0v) is 14.3. The average molecular weight is 319 g/mol. The molecule has 0 fully saturated rings. The van der Waals surface area contributed by atoms with Crippen LogP contribution in [-0.4, -0.2) is 33.4 Å². The van der Waals surface area contributed by atoms with Gasteiger partial charge >= 0.3 is 0 Å². The molecule has 2 aromatic rings. The van der Waals surface area contributed by atoms with Gasteiger partial charge in [0.25, 0.3) is 0 Å². The quantitative estimate of drug-likeness (QED) is 0.853. The molecule has 2 heterocycles. The zero-order valence-electron chi connectivity index (χ0n) is 14.3. The fourth-order valence-corrected chi connectivity index (χ4v) is 2.04. The number of anilines is 1. The highest BCUT2D eigenvalue weighted by Gasteiger charge is 2.20. The average Bonchev–Trinajstić information content (AvgIpc) is 3.14. The monoisotopic (exact) mass is 319 g/mol. The lowest BCUT2D eigenvalue weighted by atomic mass is 9.92. The summed E-state index contributed by atoms with van der Waals surface area (Å²) in [6.07, 6.45) is 3.65. The van der Waals surface area contributed by atoms with Crippen molar-refractivity contribution in [3.8, 4) is 0 Å². The highest BCUT2D eigenvalue weighted by atomic mass is 16.5. The minimum atomic E-state index is -0.166. The van der Waals surface area contributed by atoms with Crippen LogP contribution in [0.4, 0.5) is 5.88 Å². The van der Waals surface area contributed by atoms with E-state index in [-0.39, 0.29) is 30.0 Å². The first-order valence-electron chi connectivity index (χ1n) is 7.77. The summed E-state index contributed by atoms with van der Waals surface area (Å²) in [6.45, 7) is 10.4. The van der Waals surface area contributed by atoms with Gasteiger partial charge in [-0.25, -0.2) is 0 Å². The molecule has 1 amide bonds. The predicted molar refractivity (Wildman–Crippen MR) is 88.2 cm³/mol. The van der Waals surface area contributed by atoms with E-state index in [0.717, 1.165) is 5.69 Å². The largest absolute Gasteiger partial charge is 0.338 e. The van der Waals surface area contributed by atoms with Crippen molar-refractivity contribution in [1.82, 2.24) is 20.3 Å². The Balaban J connectivity index is 1.82. The van der Waals surface area contributed by atoms with Crippen LogP contribution in [0.3, 0.4) is 0 Å². The van der Waals surface area contributed by atoms with Crippen molar-refractivity contribution in [3.63, 3.8) is 0 Å². The molecular weight excluding hydrogens is 294 g/mol. The van der Waals surface area contributed by atoms with Crippen LogP contribution in [0.2, 0.25) is 0 Å². The maximum Gasteiger partial charge on any atom is 0.240 e. The van der Waals surface area contributed by atoms with Gasteiger partial charge in [0.2, 0.25) is 11.8 Å². The predicted octanol–water partition coefficient (Wildman–Crippen LogP) is 2.35. The van der Waals surface area contributed by atoms with Crippen LogP contribution in [-0.2, 0) is 10.2 Å². The maximum absolute atomic E-state index is 12.0. The fraction of sp³-hybridized carbons (Fsp3) is 0.562. The molecule has 0 saturated carbocycles. The van der Waals surface area contributed by atoms with Crippen LogP contribution >= 0.6 is 0 Å². The number of carbonyl (C=O) groups excluding carboxylic acids is 1.